The molecular weight excluding hydrogens is 282 g/mol. The summed E-state index contributed by atoms with van der Waals surface area (Å²) in [6.45, 7) is 1.92. The van der Waals surface area contributed by atoms with Crippen LogP contribution < -0.4 is 5.32 Å². The number of carbonyl (C=O) groups is 2. The molecule has 1 aromatic carbocycles. The van der Waals surface area contributed by atoms with Crippen molar-refractivity contribution < 1.29 is 14.7 Å². The van der Waals surface area contributed by atoms with Crippen LogP contribution in [0.5, 0.6) is 0 Å². The molecule has 3 rings (SSSR count). The molecule has 0 saturated heterocycles. The van der Waals surface area contributed by atoms with Crippen LogP contribution in [0, 0.1) is 6.92 Å². The number of amides is 1. The van der Waals surface area contributed by atoms with Gasteiger partial charge in [0, 0.05) is 17.6 Å². The van der Waals surface area contributed by atoms with E-state index in [4.69, 9.17) is 5.11 Å². The molecule has 110 valence electrons. The summed E-state index contributed by atoms with van der Waals surface area (Å²) in [7, 11) is 0. The number of pyridine rings is 1. The van der Waals surface area contributed by atoms with Crippen LogP contribution in [-0.4, -0.2) is 26.4 Å². The highest BCUT2D eigenvalue weighted by molar-refractivity contribution is 6.03. The molecule has 0 aliphatic rings. The van der Waals surface area contributed by atoms with Crippen molar-refractivity contribution in [1.82, 2.24) is 9.38 Å². The molecule has 2 aromatic heterocycles. The summed E-state index contributed by atoms with van der Waals surface area (Å²) in [5.74, 6) is -1.43. The Hall–Kier alpha value is -3.15. The summed E-state index contributed by atoms with van der Waals surface area (Å²) >= 11 is 0. The van der Waals surface area contributed by atoms with Gasteiger partial charge in [-0.3, -0.25) is 4.79 Å². The van der Waals surface area contributed by atoms with Gasteiger partial charge in [-0.15, -0.1) is 0 Å². The Kier molecular flexibility index (Phi) is 3.34. The number of benzene rings is 1. The summed E-state index contributed by atoms with van der Waals surface area (Å²) < 4.78 is 1.82. The van der Waals surface area contributed by atoms with Crippen LogP contribution in [0.4, 0.5) is 5.69 Å². The number of nitrogens with zero attached hydrogens (tertiary/aromatic N) is 2. The van der Waals surface area contributed by atoms with Gasteiger partial charge >= 0.3 is 5.97 Å². The Morgan fingerprint density at radius 3 is 2.68 bits per heavy atom. The summed E-state index contributed by atoms with van der Waals surface area (Å²) in [4.78, 5) is 27.4. The molecule has 0 aliphatic heterocycles. The number of hydrogen-bond donors (Lipinski definition) is 2. The zero-order valence-corrected chi connectivity index (χ0v) is 11.8. The maximum absolute atomic E-state index is 12.2. The van der Waals surface area contributed by atoms with Crippen molar-refractivity contribution in [1.29, 1.82) is 0 Å². The summed E-state index contributed by atoms with van der Waals surface area (Å²) in [6.07, 6.45) is 1.65. The minimum atomic E-state index is -1.04. The van der Waals surface area contributed by atoms with E-state index in [-0.39, 0.29) is 17.2 Å². The van der Waals surface area contributed by atoms with Gasteiger partial charge in [0.2, 0.25) is 0 Å². The number of carboxylic acid groups (broad SMARTS) is 1. The van der Waals surface area contributed by atoms with Crippen LogP contribution in [0.25, 0.3) is 5.65 Å². The summed E-state index contributed by atoms with van der Waals surface area (Å²) in [5, 5.41) is 11.6. The maximum atomic E-state index is 12.2. The molecule has 6 heteroatoms. The molecule has 6 nitrogen and oxygen atoms in total. The third-order valence-electron chi connectivity index (χ3n) is 3.30. The van der Waals surface area contributed by atoms with Crippen molar-refractivity contribution in [3.63, 3.8) is 0 Å². The number of nitrogens with one attached hydrogen (secondary N) is 1. The van der Waals surface area contributed by atoms with Gasteiger partial charge < -0.3 is 14.8 Å². The average molecular weight is 295 g/mol. The second-order valence-corrected chi connectivity index (χ2v) is 4.86. The van der Waals surface area contributed by atoms with Gasteiger partial charge in [-0.1, -0.05) is 12.1 Å². The molecule has 0 atom stereocenters. The van der Waals surface area contributed by atoms with E-state index < -0.39 is 5.97 Å². The smallest absolute Gasteiger partial charge is 0.335 e. The molecule has 0 unspecified atom stereocenters. The maximum Gasteiger partial charge on any atom is 0.335 e. The summed E-state index contributed by atoms with van der Waals surface area (Å²) in [5.41, 5.74) is 2.46. The highest BCUT2D eigenvalue weighted by Gasteiger charge is 2.12. The SMILES string of the molecule is Cc1cccc2nc(C(=O)Nc3cccc(C(=O)O)c3)cn12. The van der Waals surface area contributed by atoms with E-state index in [1.54, 1.807) is 18.3 Å². The van der Waals surface area contributed by atoms with Crippen LogP contribution in [0.2, 0.25) is 0 Å². The number of carboxylic acids is 1. The monoisotopic (exact) mass is 295 g/mol. The lowest BCUT2D eigenvalue weighted by Gasteiger charge is -2.03. The fraction of sp³-hybridized carbons (Fsp3) is 0.0625. The highest BCUT2D eigenvalue weighted by atomic mass is 16.4. The quantitative estimate of drug-likeness (QED) is 0.778. The van der Waals surface area contributed by atoms with Gasteiger partial charge in [-0.05, 0) is 37.3 Å². The van der Waals surface area contributed by atoms with Crippen molar-refractivity contribution in [3.8, 4) is 0 Å². The minimum Gasteiger partial charge on any atom is -0.478 e. The second-order valence-electron chi connectivity index (χ2n) is 4.86. The molecule has 22 heavy (non-hydrogen) atoms. The van der Waals surface area contributed by atoms with Crippen LogP contribution in [0.3, 0.4) is 0 Å². The van der Waals surface area contributed by atoms with Gasteiger partial charge in [0.15, 0.2) is 0 Å². The summed E-state index contributed by atoms with van der Waals surface area (Å²) in [6, 6.07) is 11.7. The van der Waals surface area contributed by atoms with E-state index in [0.29, 0.717) is 11.3 Å². The van der Waals surface area contributed by atoms with Crippen molar-refractivity contribution in [2.45, 2.75) is 6.92 Å². The predicted molar refractivity (Wildman–Crippen MR) is 81.3 cm³/mol. The molecule has 0 fully saturated rings. The van der Waals surface area contributed by atoms with E-state index >= 15 is 0 Å². The Morgan fingerprint density at radius 1 is 1.18 bits per heavy atom. The molecule has 0 radical (unpaired) electrons. The fourth-order valence-corrected chi connectivity index (χ4v) is 2.18. The number of anilines is 1. The van der Waals surface area contributed by atoms with Gasteiger partial charge in [-0.2, -0.15) is 0 Å². The fourth-order valence-electron chi connectivity index (χ4n) is 2.18. The molecule has 1 amide bonds. The molecule has 3 aromatic rings. The standard InChI is InChI=1S/C16H13N3O3/c1-10-4-2-7-14-18-13(9-19(10)14)15(20)17-12-6-3-5-11(8-12)16(21)22/h2-9H,1H3,(H,17,20)(H,21,22). The molecular formula is C16H13N3O3. The van der Waals surface area contributed by atoms with Crippen LogP contribution in [-0.2, 0) is 0 Å². The number of carbonyl (C=O) groups excluding carboxylic acids is 1. The number of aromatic nitrogens is 2. The lowest BCUT2D eigenvalue weighted by Crippen LogP contribution is -2.12. The number of aryl methyl sites for hydroxylation is 1. The first-order valence-corrected chi connectivity index (χ1v) is 6.64. The lowest BCUT2D eigenvalue weighted by molar-refractivity contribution is 0.0696. The zero-order valence-electron chi connectivity index (χ0n) is 11.8. The van der Waals surface area contributed by atoms with Crippen LogP contribution in [0.15, 0.2) is 48.7 Å². The first-order valence-electron chi connectivity index (χ1n) is 6.64. The van der Waals surface area contributed by atoms with E-state index in [1.165, 1.54) is 12.1 Å². The van der Waals surface area contributed by atoms with E-state index in [9.17, 15) is 9.59 Å². The first-order chi connectivity index (χ1) is 10.5. The largest absolute Gasteiger partial charge is 0.478 e. The molecule has 0 spiro atoms. The third-order valence-corrected chi connectivity index (χ3v) is 3.30. The first kappa shape index (κ1) is 13.8. The van der Waals surface area contributed by atoms with Crippen LogP contribution >= 0.6 is 0 Å². The van der Waals surface area contributed by atoms with Gasteiger partial charge in [0.05, 0.1) is 5.56 Å². The van der Waals surface area contributed by atoms with Crippen molar-refractivity contribution >= 4 is 23.2 Å². The van der Waals surface area contributed by atoms with Crippen molar-refractivity contribution in [3.05, 3.63) is 65.6 Å². The van der Waals surface area contributed by atoms with E-state index in [2.05, 4.69) is 10.3 Å². The van der Waals surface area contributed by atoms with Gasteiger partial charge in [0.25, 0.3) is 5.91 Å². The molecule has 0 aliphatic carbocycles. The van der Waals surface area contributed by atoms with Crippen LogP contribution in [0.1, 0.15) is 26.5 Å². The minimum absolute atomic E-state index is 0.114. The second kappa shape index (κ2) is 5.33. The number of hydrogen-bond acceptors (Lipinski definition) is 3. The highest BCUT2D eigenvalue weighted by Crippen LogP contribution is 2.13. The lowest BCUT2D eigenvalue weighted by atomic mass is 10.2. The Balaban J connectivity index is 1.88. The normalized spacial score (nSPS) is 10.6. The zero-order chi connectivity index (χ0) is 15.7. The number of imidazole rings is 1. The van der Waals surface area contributed by atoms with Gasteiger partial charge in [-0.25, -0.2) is 9.78 Å². The number of aromatic carboxylic acids is 1. The van der Waals surface area contributed by atoms with Crippen molar-refractivity contribution in [2.24, 2.45) is 0 Å². The van der Waals surface area contributed by atoms with E-state index in [1.807, 2.05) is 29.5 Å². The number of rotatable bonds is 3. The predicted octanol–water partition coefficient (Wildman–Crippen LogP) is 2.59. The molecule has 2 heterocycles. The van der Waals surface area contributed by atoms with E-state index in [0.717, 1.165) is 5.69 Å². The third kappa shape index (κ3) is 2.54. The molecule has 0 saturated carbocycles. The Bertz CT molecular complexity index is 883. The van der Waals surface area contributed by atoms with Gasteiger partial charge in [0.1, 0.15) is 11.3 Å². The molecule has 0 bridgehead atoms. The Labute approximate surface area is 126 Å². The topological polar surface area (TPSA) is 83.7 Å². The number of fused-ring (bicyclic) bond motifs is 1. The Morgan fingerprint density at radius 2 is 1.95 bits per heavy atom. The molecule has 2 N–H and O–H groups in total. The van der Waals surface area contributed by atoms with Crippen molar-refractivity contribution in [2.75, 3.05) is 5.32 Å². The average Bonchev–Trinajstić information content (AvgIpc) is 2.93.